The molecule has 2 aromatic rings. The van der Waals surface area contributed by atoms with Crippen LogP contribution in [-0.2, 0) is 26.8 Å². The van der Waals surface area contributed by atoms with Crippen molar-refractivity contribution in [1.82, 2.24) is 15.5 Å². The first kappa shape index (κ1) is 18.6. The van der Waals surface area contributed by atoms with E-state index >= 15 is 0 Å². The summed E-state index contributed by atoms with van der Waals surface area (Å²) in [4.78, 5) is 11.5. The van der Waals surface area contributed by atoms with Crippen LogP contribution in [0.5, 0.6) is 0 Å². The van der Waals surface area contributed by atoms with Crippen molar-refractivity contribution in [2.45, 2.75) is 49.5 Å². The molecule has 3 rings (SSSR count). The van der Waals surface area contributed by atoms with Gasteiger partial charge in [-0.3, -0.25) is 4.79 Å². The lowest BCUT2D eigenvalue weighted by Crippen LogP contribution is -2.25. The fourth-order valence-corrected chi connectivity index (χ4v) is 3.74. The minimum absolute atomic E-state index is 0.157. The van der Waals surface area contributed by atoms with Gasteiger partial charge in [0.1, 0.15) is 0 Å². The number of aromatic nitrogens is 2. The maximum atomic E-state index is 12.3. The summed E-state index contributed by atoms with van der Waals surface area (Å²) in [5.74, 6) is 0.578. The van der Waals surface area contributed by atoms with E-state index in [1.54, 1.807) is 24.3 Å². The number of amides is 1. The molecule has 1 amide bonds. The van der Waals surface area contributed by atoms with Crippen LogP contribution in [0.1, 0.15) is 43.6 Å². The van der Waals surface area contributed by atoms with Crippen molar-refractivity contribution in [2.75, 3.05) is 6.54 Å². The predicted octanol–water partition coefficient (Wildman–Crippen LogP) is 2.28. The molecule has 0 radical (unpaired) electrons. The number of hydrogen-bond donors (Lipinski definition) is 1. The topological polar surface area (TPSA) is 102 Å². The molecule has 1 aromatic carbocycles. The van der Waals surface area contributed by atoms with Crippen LogP contribution in [0.2, 0.25) is 0 Å². The van der Waals surface area contributed by atoms with Gasteiger partial charge in [0, 0.05) is 18.9 Å². The number of rotatable bonds is 10. The van der Waals surface area contributed by atoms with Crippen LogP contribution in [0.3, 0.4) is 0 Å². The van der Waals surface area contributed by atoms with Crippen molar-refractivity contribution in [1.29, 1.82) is 0 Å². The van der Waals surface area contributed by atoms with E-state index in [-0.39, 0.29) is 22.8 Å². The SMILES string of the molecule is O=C(NCCCCCc1nnc(S(=O)(=O)Cc2ccccc2)o1)C1CC1. The summed E-state index contributed by atoms with van der Waals surface area (Å²) in [6.07, 6.45) is 5.15. The van der Waals surface area contributed by atoms with Gasteiger partial charge in [-0.1, -0.05) is 41.9 Å². The van der Waals surface area contributed by atoms with Gasteiger partial charge in [-0.2, -0.15) is 0 Å². The number of nitrogens with one attached hydrogen (secondary N) is 1. The minimum Gasteiger partial charge on any atom is -0.413 e. The summed E-state index contributed by atoms with van der Waals surface area (Å²) in [7, 11) is -3.63. The molecule has 140 valence electrons. The van der Waals surface area contributed by atoms with Crippen LogP contribution in [0.25, 0.3) is 0 Å². The highest BCUT2D eigenvalue weighted by Crippen LogP contribution is 2.28. The van der Waals surface area contributed by atoms with Gasteiger partial charge in [-0.15, -0.1) is 5.10 Å². The molecule has 1 aliphatic rings. The highest BCUT2D eigenvalue weighted by Gasteiger charge is 2.29. The highest BCUT2D eigenvalue weighted by molar-refractivity contribution is 7.90. The van der Waals surface area contributed by atoms with Gasteiger partial charge < -0.3 is 9.73 Å². The Bertz CT molecular complexity index is 829. The average molecular weight is 377 g/mol. The minimum atomic E-state index is -3.63. The number of aryl methyl sites for hydroxylation is 1. The summed E-state index contributed by atoms with van der Waals surface area (Å²) in [5, 5.41) is 10.1. The molecule has 26 heavy (non-hydrogen) atoms. The second-order valence-corrected chi connectivity index (χ2v) is 8.45. The van der Waals surface area contributed by atoms with Gasteiger partial charge in [-0.25, -0.2) is 8.42 Å². The zero-order valence-electron chi connectivity index (χ0n) is 14.6. The summed E-state index contributed by atoms with van der Waals surface area (Å²) >= 11 is 0. The Balaban J connectivity index is 1.40. The standard InChI is InChI=1S/C18H23N3O4S/c22-17(15-10-11-15)19-12-6-2-5-9-16-20-21-18(25-16)26(23,24)13-14-7-3-1-4-8-14/h1,3-4,7-8,15H,2,5-6,9-13H2,(H,19,22). The zero-order valence-corrected chi connectivity index (χ0v) is 15.4. The van der Waals surface area contributed by atoms with Gasteiger partial charge in [-0.05, 0) is 31.2 Å². The zero-order chi connectivity index (χ0) is 18.4. The third kappa shape index (κ3) is 5.39. The molecule has 8 heteroatoms. The second-order valence-electron chi connectivity index (χ2n) is 6.58. The van der Waals surface area contributed by atoms with Gasteiger partial charge >= 0.3 is 5.22 Å². The van der Waals surface area contributed by atoms with E-state index in [1.807, 2.05) is 6.07 Å². The summed E-state index contributed by atoms with van der Waals surface area (Å²) in [6.45, 7) is 0.676. The van der Waals surface area contributed by atoms with Crippen LogP contribution in [-0.4, -0.2) is 31.1 Å². The van der Waals surface area contributed by atoms with Crippen LogP contribution in [0, 0.1) is 5.92 Å². The van der Waals surface area contributed by atoms with E-state index in [1.165, 1.54) is 0 Å². The third-order valence-corrected chi connectivity index (χ3v) is 5.64. The fraction of sp³-hybridized carbons (Fsp3) is 0.500. The molecular weight excluding hydrogens is 354 g/mol. The molecule has 7 nitrogen and oxygen atoms in total. The largest absolute Gasteiger partial charge is 0.413 e. The maximum absolute atomic E-state index is 12.3. The van der Waals surface area contributed by atoms with Crippen molar-refractivity contribution in [3.63, 3.8) is 0 Å². The van der Waals surface area contributed by atoms with Crippen molar-refractivity contribution < 1.29 is 17.6 Å². The Kier molecular flexibility index (Phi) is 6.03. The quantitative estimate of drug-likeness (QED) is 0.637. The molecule has 0 unspecified atom stereocenters. The Morgan fingerprint density at radius 1 is 1.12 bits per heavy atom. The molecule has 1 aliphatic carbocycles. The number of nitrogens with zero attached hydrogens (tertiary/aromatic N) is 2. The molecule has 0 bridgehead atoms. The third-order valence-electron chi connectivity index (χ3n) is 4.23. The van der Waals surface area contributed by atoms with Crippen LogP contribution < -0.4 is 5.32 Å². The fourth-order valence-electron chi connectivity index (χ4n) is 2.60. The summed E-state index contributed by atoms with van der Waals surface area (Å²) in [5.41, 5.74) is 0.681. The number of sulfone groups is 1. The van der Waals surface area contributed by atoms with Crippen molar-refractivity contribution in [2.24, 2.45) is 5.92 Å². The lowest BCUT2D eigenvalue weighted by Gasteiger charge is -2.03. The highest BCUT2D eigenvalue weighted by atomic mass is 32.2. The van der Waals surface area contributed by atoms with Gasteiger partial charge in [0.25, 0.3) is 0 Å². The van der Waals surface area contributed by atoms with E-state index < -0.39 is 9.84 Å². The molecule has 1 saturated carbocycles. The molecular formula is C18H23N3O4S. The predicted molar refractivity (Wildman–Crippen MR) is 94.9 cm³/mol. The Labute approximate surface area is 153 Å². The molecule has 1 aromatic heterocycles. The first-order valence-corrected chi connectivity index (χ1v) is 10.6. The van der Waals surface area contributed by atoms with E-state index in [9.17, 15) is 13.2 Å². The van der Waals surface area contributed by atoms with E-state index in [4.69, 9.17) is 4.42 Å². The number of carbonyl (C=O) groups excluding carboxylic acids is 1. The average Bonchev–Trinajstić information content (AvgIpc) is 3.36. The smallest absolute Gasteiger partial charge is 0.335 e. The molecule has 0 spiro atoms. The molecule has 1 N–H and O–H groups in total. The van der Waals surface area contributed by atoms with E-state index in [0.29, 0.717) is 24.4 Å². The normalized spacial score (nSPS) is 14.3. The first-order valence-electron chi connectivity index (χ1n) is 8.91. The van der Waals surface area contributed by atoms with E-state index in [2.05, 4.69) is 15.5 Å². The number of benzene rings is 1. The van der Waals surface area contributed by atoms with Crippen LogP contribution >= 0.6 is 0 Å². The Morgan fingerprint density at radius 2 is 1.88 bits per heavy atom. The summed E-state index contributed by atoms with van der Waals surface area (Å²) < 4.78 is 30.0. The van der Waals surface area contributed by atoms with Crippen LogP contribution in [0.15, 0.2) is 40.0 Å². The maximum Gasteiger partial charge on any atom is 0.335 e. The lowest BCUT2D eigenvalue weighted by molar-refractivity contribution is -0.122. The molecule has 0 aliphatic heterocycles. The first-order chi connectivity index (χ1) is 12.5. The molecule has 0 saturated heterocycles. The summed E-state index contributed by atoms with van der Waals surface area (Å²) in [6, 6.07) is 8.90. The number of carbonyl (C=O) groups is 1. The van der Waals surface area contributed by atoms with Crippen molar-refractivity contribution in [3.8, 4) is 0 Å². The van der Waals surface area contributed by atoms with Gasteiger partial charge in [0.05, 0.1) is 5.75 Å². The molecule has 1 heterocycles. The lowest BCUT2D eigenvalue weighted by atomic mass is 10.2. The number of hydrogen-bond acceptors (Lipinski definition) is 6. The van der Waals surface area contributed by atoms with Gasteiger partial charge in [0.2, 0.25) is 21.6 Å². The van der Waals surface area contributed by atoms with Crippen LogP contribution in [0.4, 0.5) is 0 Å². The Hall–Kier alpha value is -2.22. The van der Waals surface area contributed by atoms with Crippen molar-refractivity contribution in [3.05, 3.63) is 41.8 Å². The molecule has 0 atom stereocenters. The Morgan fingerprint density at radius 3 is 2.62 bits per heavy atom. The monoisotopic (exact) mass is 377 g/mol. The second kappa shape index (κ2) is 8.44. The number of unbranched alkanes of at least 4 members (excludes halogenated alkanes) is 2. The van der Waals surface area contributed by atoms with E-state index in [0.717, 1.165) is 32.1 Å². The van der Waals surface area contributed by atoms with Crippen molar-refractivity contribution >= 4 is 15.7 Å². The van der Waals surface area contributed by atoms with Gasteiger partial charge in [0.15, 0.2) is 0 Å². The molecule has 1 fully saturated rings.